The first kappa shape index (κ1) is 9.75. The number of imidazole rings is 1. The first-order valence-corrected chi connectivity index (χ1v) is 4.41. The predicted octanol–water partition coefficient (Wildman–Crippen LogP) is 0.791. The summed E-state index contributed by atoms with van der Waals surface area (Å²) >= 11 is 0. The summed E-state index contributed by atoms with van der Waals surface area (Å²) in [5, 5.41) is 11.9. The molecule has 4 nitrogen and oxygen atoms in total. The Morgan fingerprint density at radius 3 is 3.00 bits per heavy atom. The lowest BCUT2D eigenvalue weighted by atomic mass is 10.4. The number of hydrogen-bond donors (Lipinski definition) is 1. The third-order valence-corrected chi connectivity index (χ3v) is 1.92. The zero-order valence-electron chi connectivity index (χ0n) is 8.04. The zero-order chi connectivity index (χ0) is 9.68. The van der Waals surface area contributed by atoms with Crippen molar-refractivity contribution in [2.24, 2.45) is 7.05 Å². The second kappa shape index (κ2) is 4.63. The Morgan fingerprint density at radius 1 is 1.69 bits per heavy atom. The fraction of sp³-hybridized carbons (Fsp3) is 0.556. The van der Waals surface area contributed by atoms with Gasteiger partial charge < -0.3 is 9.88 Å². The van der Waals surface area contributed by atoms with Gasteiger partial charge in [-0.15, -0.1) is 0 Å². The lowest BCUT2D eigenvalue weighted by molar-refractivity contribution is 0.643. The maximum Gasteiger partial charge on any atom is 0.212 e. The average molecular weight is 178 g/mol. The standard InChI is InChI=1S/C9H14N4/c1-3-4-11-6-8-7-12-9(5-10)13(8)2/h7,11H,3-4,6H2,1-2H3. The molecule has 0 aliphatic carbocycles. The van der Waals surface area contributed by atoms with E-state index in [0.717, 1.165) is 25.2 Å². The molecular weight excluding hydrogens is 164 g/mol. The summed E-state index contributed by atoms with van der Waals surface area (Å²) in [5.41, 5.74) is 1.05. The summed E-state index contributed by atoms with van der Waals surface area (Å²) in [4.78, 5) is 3.97. The van der Waals surface area contributed by atoms with Gasteiger partial charge in [0.25, 0.3) is 0 Å². The van der Waals surface area contributed by atoms with Gasteiger partial charge in [-0.1, -0.05) is 6.92 Å². The van der Waals surface area contributed by atoms with E-state index in [1.165, 1.54) is 0 Å². The van der Waals surface area contributed by atoms with Crippen LogP contribution < -0.4 is 5.32 Å². The number of nitrogens with zero attached hydrogens (tertiary/aromatic N) is 3. The second-order valence-electron chi connectivity index (χ2n) is 2.92. The normalized spacial score (nSPS) is 9.92. The minimum absolute atomic E-state index is 0.466. The topological polar surface area (TPSA) is 53.6 Å². The van der Waals surface area contributed by atoms with Gasteiger partial charge in [-0.3, -0.25) is 0 Å². The van der Waals surface area contributed by atoms with E-state index in [1.807, 2.05) is 17.7 Å². The van der Waals surface area contributed by atoms with Gasteiger partial charge in [0, 0.05) is 13.6 Å². The monoisotopic (exact) mass is 178 g/mol. The molecule has 13 heavy (non-hydrogen) atoms. The molecule has 0 aliphatic rings. The van der Waals surface area contributed by atoms with E-state index >= 15 is 0 Å². The maximum atomic E-state index is 8.65. The molecule has 0 unspecified atom stereocenters. The van der Waals surface area contributed by atoms with Crippen LogP contribution in [0.1, 0.15) is 24.9 Å². The molecule has 1 aromatic rings. The molecule has 0 fully saturated rings. The van der Waals surface area contributed by atoms with E-state index in [4.69, 9.17) is 5.26 Å². The Bertz CT molecular complexity index is 308. The fourth-order valence-electron chi connectivity index (χ4n) is 1.11. The van der Waals surface area contributed by atoms with Crippen LogP contribution in [-0.4, -0.2) is 16.1 Å². The molecule has 1 rings (SSSR count). The van der Waals surface area contributed by atoms with Gasteiger partial charge in [0.2, 0.25) is 5.82 Å². The van der Waals surface area contributed by atoms with Crippen LogP contribution in [0.4, 0.5) is 0 Å². The Labute approximate surface area is 78.2 Å². The van der Waals surface area contributed by atoms with Gasteiger partial charge in [-0.25, -0.2) is 4.98 Å². The van der Waals surface area contributed by atoms with Crippen molar-refractivity contribution in [2.75, 3.05) is 6.54 Å². The van der Waals surface area contributed by atoms with E-state index in [9.17, 15) is 0 Å². The molecule has 0 aromatic carbocycles. The summed E-state index contributed by atoms with van der Waals surface area (Å²) in [5.74, 6) is 0.466. The van der Waals surface area contributed by atoms with Crippen LogP contribution >= 0.6 is 0 Å². The molecule has 1 N–H and O–H groups in total. The molecule has 0 amide bonds. The third kappa shape index (κ3) is 2.30. The fourth-order valence-corrected chi connectivity index (χ4v) is 1.11. The first-order valence-electron chi connectivity index (χ1n) is 4.41. The number of aromatic nitrogens is 2. The second-order valence-corrected chi connectivity index (χ2v) is 2.92. The molecule has 0 spiro atoms. The minimum atomic E-state index is 0.466. The van der Waals surface area contributed by atoms with Crippen molar-refractivity contribution >= 4 is 0 Å². The lowest BCUT2D eigenvalue weighted by Gasteiger charge is -2.03. The molecule has 0 aliphatic heterocycles. The van der Waals surface area contributed by atoms with E-state index in [1.54, 1.807) is 6.20 Å². The summed E-state index contributed by atoms with van der Waals surface area (Å²) < 4.78 is 1.81. The molecule has 0 bridgehead atoms. The highest BCUT2D eigenvalue weighted by Gasteiger charge is 2.03. The zero-order valence-corrected chi connectivity index (χ0v) is 8.04. The van der Waals surface area contributed by atoms with Crippen molar-refractivity contribution in [3.63, 3.8) is 0 Å². The Balaban J connectivity index is 2.58. The number of nitrogens with one attached hydrogen (secondary N) is 1. The van der Waals surface area contributed by atoms with Crippen LogP contribution in [0.3, 0.4) is 0 Å². The molecule has 0 radical (unpaired) electrons. The van der Waals surface area contributed by atoms with Crippen molar-refractivity contribution in [3.8, 4) is 6.07 Å². The summed E-state index contributed by atoms with van der Waals surface area (Å²) in [7, 11) is 1.86. The molecule has 0 saturated carbocycles. The summed E-state index contributed by atoms with van der Waals surface area (Å²) in [6.45, 7) is 3.89. The molecule has 4 heteroatoms. The first-order chi connectivity index (χ1) is 6.29. The molecule has 0 saturated heterocycles. The molecule has 1 heterocycles. The van der Waals surface area contributed by atoms with Crippen molar-refractivity contribution in [1.29, 1.82) is 5.26 Å². The van der Waals surface area contributed by atoms with Crippen LogP contribution in [0.5, 0.6) is 0 Å². The van der Waals surface area contributed by atoms with E-state index in [0.29, 0.717) is 5.82 Å². The third-order valence-electron chi connectivity index (χ3n) is 1.92. The summed E-state index contributed by atoms with van der Waals surface area (Å²) in [6, 6.07) is 2.03. The average Bonchev–Trinajstić information content (AvgIpc) is 2.48. The maximum absolute atomic E-state index is 8.65. The summed E-state index contributed by atoms with van der Waals surface area (Å²) in [6.07, 6.45) is 2.85. The van der Waals surface area contributed by atoms with Crippen molar-refractivity contribution < 1.29 is 0 Å². The number of hydrogen-bond acceptors (Lipinski definition) is 3. The predicted molar refractivity (Wildman–Crippen MR) is 49.9 cm³/mol. The molecule has 70 valence electrons. The SMILES string of the molecule is CCCNCc1cnc(C#N)n1C. The van der Waals surface area contributed by atoms with E-state index < -0.39 is 0 Å². The van der Waals surface area contributed by atoms with Crippen molar-refractivity contribution in [1.82, 2.24) is 14.9 Å². The van der Waals surface area contributed by atoms with Crippen molar-refractivity contribution in [3.05, 3.63) is 17.7 Å². The molecular formula is C9H14N4. The van der Waals surface area contributed by atoms with Gasteiger partial charge in [0.1, 0.15) is 6.07 Å². The van der Waals surface area contributed by atoms with E-state index in [2.05, 4.69) is 17.2 Å². The van der Waals surface area contributed by atoms with Crippen LogP contribution in [0.15, 0.2) is 6.20 Å². The van der Waals surface area contributed by atoms with Crippen LogP contribution in [-0.2, 0) is 13.6 Å². The largest absolute Gasteiger partial charge is 0.322 e. The minimum Gasteiger partial charge on any atom is -0.322 e. The molecule has 0 atom stereocenters. The molecule has 1 aromatic heterocycles. The Morgan fingerprint density at radius 2 is 2.46 bits per heavy atom. The smallest absolute Gasteiger partial charge is 0.212 e. The van der Waals surface area contributed by atoms with Gasteiger partial charge in [-0.2, -0.15) is 5.26 Å². The quantitative estimate of drug-likeness (QED) is 0.693. The van der Waals surface area contributed by atoms with Gasteiger partial charge >= 0.3 is 0 Å². The van der Waals surface area contributed by atoms with Crippen LogP contribution in [0.25, 0.3) is 0 Å². The number of nitriles is 1. The van der Waals surface area contributed by atoms with Gasteiger partial charge in [0.05, 0.1) is 11.9 Å². The number of rotatable bonds is 4. The lowest BCUT2D eigenvalue weighted by Crippen LogP contribution is -2.16. The highest BCUT2D eigenvalue weighted by molar-refractivity contribution is 5.16. The highest BCUT2D eigenvalue weighted by atomic mass is 15.1. The Hall–Kier alpha value is -1.34. The van der Waals surface area contributed by atoms with Crippen LogP contribution in [0, 0.1) is 11.3 Å². The van der Waals surface area contributed by atoms with Gasteiger partial charge in [-0.05, 0) is 13.0 Å². The van der Waals surface area contributed by atoms with Crippen molar-refractivity contribution in [2.45, 2.75) is 19.9 Å². The highest BCUT2D eigenvalue weighted by Crippen LogP contribution is 2.00. The Kier molecular flexibility index (Phi) is 3.47. The van der Waals surface area contributed by atoms with E-state index in [-0.39, 0.29) is 0 Å². The van der Waals surface area contributed by atoms with Gasteiger partial charge in [0.15, 0.2) is 0 Å². The van der Waals surface area contributed by atoms with Crippen LogP contribution in [0.2, 0.25) is 0 Å².